The largest absolute Gasteiger partial charge is 0.480 e. The normalized spacial score (nSPS) is 13.9. The molecule has 150 valence electrons. The summed E-state index contributed by atoms with van der Waals surface area (Å²) in [6.07, 6.45) is 3.61. The van der Waals surface area contributed by atoms with E-state index in [0.717, 1.165) is 6.42 Å². The number of carboxylic acid groups (broad SMARTS) is 1. The zero-order chi connectivity index (χ0) is 20.4. The van der Waals surface area contributed by atoms with E-state index in [0.29, 0.717) is 5.69 Å². The fraction of sp³-hybridized carbons (Fsp3) is 0.562. The highest BCUT2D eigenvalue weighted by Crippen LogP contribution is 2.04. The summed E-state index contributed by atoms with van der Waals surface area (Å²) in [5.74, 6) is -2.94. The predicted molar refractivity (Wildman–Crippen MR) is 95.3 cm³/mol. The quantitative estimate of drug-likeness (QED) is 0.259. The summed E-state index contributed by atoms with van der Waals surface area (Å²) in [4.78, 5) is 53.1. The van der Waals surface area contributed by atoms with Gasteiger partial charge in [0.15, 0.2) is 0 Å². The van der Waals surface area contributed by atoms with Gasteiger partial charge < -0.3 is 31.8 Å². The number of carbonyl (C=O) groups excluding carboxylic acids is 3. The smallest absolute Gasteiger partial charge is 0.326 e. The molecule has 3 unspecified atom stereocenters. The summed E-state index contributed by atoms with van der Waals surface area (Å²) in [5.41, 5.74) is 6.30. The summed E-state index contributed by atoms with van der Waals surface area (Å²) in [6, 6.07) is -1.88. The lowest BCUT2D eigenvalue weighted by molar-refractivity contribution is -0.141. The van der Waals surface area contributed by atoms with Crippen molar-refractivity contribution in [1.29, 1.82) is 0 Å². The molecule has 0 aromatic carbocycles. The number of nitrogens with one attached hydrogen (secondary N) is 4. The highest BCUT2D eigenvalue weighted by Gasteiger charge is 2.22. The van der Waals surface area contributed by atoms with Gasteiger partial charge in [-0.2, -0.15) is 0 Å². The Hall–Kier alpha value is -2.95. The van der Waals surface area contributed by atoms with Gasteiger partial charge in [-0.1, -0.05) is 20.3 Å². The molecule has 7 N–H and O–H groups in total. The van der Waals surface area contributed by atoms with E-state index in [2.05, 4.69) is 25.9 Å². The number of imidazole rings is 1. The second kappa shape index (κ2) is 10.9. The molecule has 1 aromatic rings. The maximum Gasteiger partial charge on any atom is 0.326 e. The zero-order valence-electron chi connectivity index (χ0n) is 15.3. The van der Waals surface area contributed by atoms with Gasteiger partial charge in [0, 0.05) is 18.3 Å². The number of rotatable bonds is 11. The van der Waals surface area contributed by atoms with Crippen LogP contribution >= 0.6 is 0 Å². The van der Waals surface area contributed by atoms with E-state index in [1.165, 1.54) is 12.5 Å². The lowest BCUT2D eigenvalue weighted by Gasteiger charge is -2.17. The number of nitrogens with two attached hydrogens (primary N) is 1. The Kier molecular flexibility index (Phi) is 8.93. The molecule has 0 aliphatic rings. The molecule has 0 fully saturated rings. The Bertz CT molecular complexity index is 648. The summed E-state index contributed by atoms with van der Waals surface area (Å²) in [5, 5.41) is 16.2. The first-order chi connectivity index (χ1) is 12.7. The maximum atomic E-state index is 11.8. The van der Waals surface area contributed by atoms with Crippen LogP contribution in [0.25, 0.3) is 0 Å². The molecular weight excluding hydrogens is 356 g/mol. The van der Waals surface area contributed by atoms with Gasteiger partial charge >= 0.3 is 5.97 Å². The Balaban J connectivity index is 2.36. The van der Waals surface area contributed by atoms with E-state index < -0.39 is 42.3 Å². The fourth-order valence-electron chi connectivity index (χ4n) is 2.10. The van der Waals surface area contributed by atoms with E-state index in [4.69, 9.17) is 10.8 Å². The second-order valence-electron chi connectivity index (χ2n) is 6.15. The Morgan fingerprint density at radius 1 is 1.22 bits per heavy atom. The molecule has 0 saturated carbocycles. The van der Waals surface area contributed by atoms with Crippen LogP contribution in [0.3, 0.4) is 0 Å². The van der Waals surface area contributed by atoms with Crippen LogP contribution in [0, 0.1) is 5.92 Å². The number of nitrogens with zero attached hydrogens (tertiary/aromatic N) is 1. The molecule has 1 aromatic heterocycles. The molecule has 11 nitrogen and oxygen atoms in total. The number of aliphatic carboxylic acids is 1. The number of amides is 3. The van der Waals surface area contributed by atoms with E-state index in [1.807, 2.05) is 13.8 Å². The average molecular weight is 382 g/mol. The highest BCUT2D eigenvalue weighted by molar-refractivity contribution is 5.90. The van der Waals surface area contributed by atoms with Crippen molar-refractivity contribution in [3.8, 4) is 0 Å². The van der Waals surface area contributed by atoms with Crippen LogP contribution in [0.5, 0.6) is 0 Å². The first-order valence-corrected chi connectivity index (χ1v) is 8.54. The third-order valence-electron chi connectivity index (χ3n) is 4.04. The van der Waals surface area contributed by atoms with Crippen LogP contribution in [0.15, 0.2) is 12.5 Å². The van der Waals surface area contributed by atoms with Crippen molar-refractivity contribution in [1.82, 2.24) is 25.9 Å². The molecule has 0 radical (unpaired) electrons. The number of carboxylic acids is 1. The third-order valence-corrected chi connectivity index (χ3v) is 4.04. The molecule has 1 heterocycles. The van der Waals surface area contributed by atoms with Gasteiger partial charge in [0.25, 0.3) is 0 Å². The first kappa shape index (κ1) is 22.1. The zero-order valence-corrected chi connectivity index (χ0v) is 15.3. The van der Waals surface area contributed by atoms with E-state index in [9.17, 15) is 19.2 Å². The molecule has 0 aliphatic carbocycles. The molecule has 3 atom stereocenters. The van der Waals surface area contributed by atoms with Crippen LogP contribution in [0.4, 0.5) is 0 Å². The minimum Gasteiger partial charge on any atom is -0.480 e. The van der Waals surface area contributed by atoms with E-state index in [1.54, 1.807) is 0 Å². The van der Waals surface area contributed by atoms with Crippen molar-refractivity contribution in [2.45, 2.75) is 38.8 Å². The third kappa shape index (κ3) is 7.86. The number of hydrogen-bond donors (Lipinski definition) is 6. The number of aromatic nitrogens is 2. The summed E-state index contributed by atoms with van der Waals surface area (Å²) >= 11 is 0. The van der Waals surface area contributed by atoms with Crippen LogP contribution in [0.1, 0.15) is 26.0 Å². The summed E-state index contributed by atoms with van der Waals surface area (Å²) in [6.45, 7) is 2.99. The van der Waals surface area contributed by atoms with Crippen molar-refractivity contribution in [3.63, 3.8) is 0 Å². The molecule has 0 saturated heterocycles. The van der Waals surface area contributed by atoms with E-state index in [-0.39, 0.29) is 18.9 Å². The molecule has 3 amide bonds. The fourth-order valence-corrected chi connectivity index (χ4v) is 2.10. The number of carbonyl (C=O) groups is 4. The molecule has 0 spiro atoms. The standard InChI is InChI=1S/C16H26N6O5/c1-3-9(2)14(17)15(25)20-6-12(23)19-7-13(24)22-11(16(26)27)4-10-5-18-8-21-10/h5,8-9,11,14H,3-4,6-7,17H2,1-2H3,(H,18,21)(H,19,23)(H,20,25)(H,22,24)(H,26,27). The number of aromatic amines is 1. The molecule has 1 rings (SSSR count). The molecule has 0 aliphatic heterocycles. The minimum absolute atomic E-state index is 0.0262. The van der Waals surface area contributed by atoms with Gasteiger partial charge in [-0.15, -0.1) is 0 Å². The summed E-state index contributed by atoms with van der Waals surface area (Å²) in [7, 11) is 0. The number of hydrogen-bond acceptors (Lipinski definition) is 6. The van der Waals surface area contributed by atoms with Crippen LogP contribution in [0.2, 0.25) is 0 Å². The topological polar surface area (TPSA) is 179 Å². The first-order valence-electron chi connectivity index (χ1n) is 8.54. The monoisotopic (exact) mass is 382 g/mol. The maximum absolute atomic E-state index is 11.8. The van der Waals surface area contributed by atoms with E-state index >= 15 is 0 Å². The van der Waals surface area contributed by atoms with Crippen molar-refractivity contribution < 1.29 is 24.3 Å². The molecular formula is C16H26N6O5. The van der Waals surface area contributed by atoms with Gasteiger partial charge in [0.1, 0.15) is 6.04 Å². The second-order valence-corrected chi connectivity index (χ2v) is 6.15. The average Bonchev–Trinajstić information content (AvgIpc) is 3.15. The molecule has 27 heavy (non-hydrogen) atoms. The van der Waals surface area contributed by atoms with Crippen LogP contribution in [-0.4, -0.2) is 63.9 Å². The van der Waals surface area contributed by atoms with Crippen LogP contribution < -0.4 is 21.7 Å². The van der Waals surface area contributed by atoms with Gasteiger partial charge in [-0.3, -0.25) is 14.4 Å². The lowest BCUT2D eigenvalue weighted by atomic mass is 9.99. The van der Waals surface area contributed by atoms with Gasteiger partial charge in [0.2, 0.25) is 17.7 Å². The predicted octanol–water partition coefficient (Wildman–Crippen LogP) is -1.87. The van der Waals surface area contributed by atoms with Gasteiger partial charge in [-0.05, 0) is 5.92 Å². The number of H-pyrrole nitrogens is 1. The Labute approximate surface area is 156 Å². The SMILES string of the molecule is CCC(C)C(N)C(=O)NCC(=O)NCC(=O)NC(Cc1cnc[nH]1)C(=O)O. The Morgan fingerprint density at radius 3 is 2.44 bits per heavy atom. The Morgan fingerprint density at radius 2 is 1.89 bits per heavy atom. The van der Waals surface area contributed by atoms with Gasteiger partial charge in [-0.25, -0.2) is 9.78 Å². The molecule has 0 bridgehead atoms. The highest BCUT2D eigenvalue weighted by atomic mass is 16.4. The van der Waals surface area contributed by atoms with Crippen molar-refractivity contribution in [2.75, 3.05) is 13.1 Å². The lowest BCUT2D eigenvalue weighted by Crippen LogP contribution is -2.50. The van der Waals surface area contributed by atoms with Crippen LogP contribution in [-0.2, 0) is 25.6 Å². The summed E-state index contributed by atoms with van der Waals surface area (Å²) < 4.78 is 0. The minimum atomic E-state index is -1.21. The van der Waals surface area contributed by atoms with Crippen molar-refractivity contribution in [3.05, 3.63) is 18.2 Å². The van der Waals surface area contributed by atoms with Gasteiger partial charge in [0.05, 0.1) is 25.5 Å². The van der Waals surface area contributed by atoms with Crippen molar-refractivity contribution >= 4 is 23.7 Å². The molecule has 11 heteroatoms. The van der Waals surface area contributed by atoms with Crippen molar-refractivity contribution in [2.24, 2.45) is 11.7 Å².